The number of carbonyl (C=O) groups is 1. The molecule has 1 amide bonds. The minimum Gasteiger partial charge on any atom is -0.337 e. The van der Waals surface area contributed by atoms with Crippen LogP contribution in [0.2, 0.25) is 5.02 Å². The van der Waals surface area contributed by atoms with Gasteiger partial charge in [0.15, 0.2) is 0 Å². The lowest BCUT2D eigenvalue weighted by Gasteiger charge is -2.38. The van der Waals surface area contributed by atoms with Crippen molar-refractivity contribution in [2.45, 2.75) is 32.4 Å². The highest BCUT2D eigenvalue weighted by atomic mass is 35.5. The van der Waals surface area contributed by atoms with Gasteiger partial charge in [0.1, 0.15) is 0 Å². The SMILES string of the molecule is CC1NCCN(C(=O)Cc2ccc([N+](=O)[O-])cc2Cl)C1C. The summed E-state index contributed by atoms with van der Waals surface area (Å²) in [6.07, 6.45) is 0.161. The third-order valence-electron chi connectivity index (χ3n) is 3.94. The van der Waals surface area contributed by atoms with E-state index in [-0.39, 0.29) is 35.1 Å². The van der Waals surface area contributed by atoms with E-state index in [9.17, 15) is 14.9 Å². The zero-order chi connectivity index (χ0) is 15.6. The molecule has 1 N–H and O–H groups in total. The minimum atomic E-state index is -0.502. The highest BCUT2D eigenvalue weighted by Crippen LogP contribution is 2.23. The quantitative estimate of drug-likeness (QED) is 0.684. The number of hydrogen-bond acceptors (Lipinski definition) is 4. The number of piperazine rings is 1. The molecular formula is C14H18ClN3O3. The number of benzene rings is 1. The molecule has 1 aromatic rings. The molecule has 114 valence electrons. The van der Waals surface area contributed by atoms with Crippen molar-refractivity contribution in [3.8, 4) is 0 Å². The van der Waals surface area contributed by atoms with Gasteiger partial charge in [-0.05, 0) is 19.4 Å². The van der Waals surface area contributed by atoms with Crippen LogP contribution < -0.4 is 5.32 Å². The van der Waals surface area contributed by atoms with Gasteiger partial charge in [-0.15, -0.1) is 0 Å². The van der Waals surface area contributed by atoms with Gasteiger partial charge in [-0.1, -0.05) is 17.7 Å². The summed E-state index contributed by atoms with van der Waals surface area (Å²) in [7, 11) is 0. The third-order valence-corrected chi connectivity index (χ3v) is 4.30. The molecule has 0 aliphatic carbocycles. The molecule has 1 aliphatic rings. The van der Waals surface area contributed by atoms with Crippen LogP contribution in [-0.4, -0.2) is 40.9 Å². The first-order chi connectivity index (χ1) is 9.90. The lowest BCUT2D eigenvalue weighted by Crippen LogP contribution is -2.57. The summed E-state index contributed by atoms with van der Waals surface area (Å²) in [4.78, 5) is 24.4. The van der Waals surface area contributed by atoms with E-state index < -0.39 is 4.92 Å². The van der Waals surface area contributed by atoms with Gasteiger partial charge in [0.25, 0.3) is 5.69 Å². The number of nitrogens with zero attached hydrogens (tertiary/aromatic N) is 2. The van der Waals surface area contributed by atoms with Crippen molar-refractivity contribution in [3.05, 3.63) is 38.9 Å². The first kappa shape index (κ1) is 15.7. The Labute approximate surface area is 128 Å². The van der Waals surface area contributed by atoms with Gasteiger partial charge in [-0.2, -0.15) is 0 Å². The second-order valence-corrected chi connectivity index (χ2v) is 5.69. The number of carbonyl (C=O) groups excluding carboxylic acids is 1. The van der Waals surface area contributed by atoms with E-state index in [0.717, 1.165) is 6.54 Å². The van der Waals surface area contributed by atoms with Gasteiger partial charge < -0.3 is 10.2 Å². The molecule has 1 fully saturated rings. The van der Waals surface area contributed by atoms with Gasteiger partial charge in [0.05, 0.1) is 16.4 Å². The van der Waals surface area contributed by atoms with Crippen LogP contribution in [0.4, 0.5) is 5.69 Å². The second-order valence-electron chi connectivity index (χ2n) is 5.28. The number of amides is 1. The summed E-state index contributed by atoms with van der Waals surface area (Å²) in [5.74, 6) is -0.00777. The lowest BCUT2D eigenvalue weighted by molar-refractivity contribution is -0.384. The Hall–Kier alpha value is -1.66. The average molecular weight is 312 g/mol. The minimum absolute atomic E-state index is 0.00777. The van der Waals surface area contributed by atoms with Crippen molar-refractivity contribution < 1.29 is 9.72 Å². The number of hydrogen-bond donors (Lipinski definition) is 1. The normalized spacial score (nSPS) is 22.1. The predicted octanol–water partition coefficient (Wildman–Crippen LogP) is 2.00. The maximum absolute atomic E-state index is 12.4. The molecule has 0 bridgehead atoms. The molecule has 2 rings (SSSR count). The van der Waals surface area contributed by atoms with Crippen molar-refractivity contribution in [2.75, 3.05) is 13.1 Å². The summed E-state index contributed by atoms with van der Waals surface area (Å²) in [6, 6.07) is 4.57. The molecule has 1 saturated heterocycles. The maximum atomic E-state index is 12.4. The third kappa shape index (κ3) is 3.51. The van der Waals surface area contributed by atoms with Crippen LogP contribution in [0.25, 0.3) is 0 Å². The van der Waals surface area contributed by atoms with Crippen molar-refractivity contribution >= 4 is 23.2 Å². The maximum Gasteiger partial charge on any atom is 0.270 e. The Balaban J connectivity index is 2.10. The number of halogens is 1. The topological polar surface area (TPSA) is 75.5 Å². The van der Waals surface area contributed by atoms with E-state index in [2.05, 4.69) is 5.32 Å². The number of nitro benzene ring substituents is 1. The van der Waals surface area contributed by atoms with Crippen LogP contribution >= 0.6 is 11.6 Å². The van der Waals surface area contributed by atoms with Gasteiger partial charge in [-0.25, -0.2) is 0 Å². The summed E-state index contributed by atoms with van der Waals surface area (Å²) in [6.45, 7) is 5.48. The fourth-order valence-corrected chi connectivity index (χ4v) is 2.71. The van der Waals surface area contributed by atoms with Crippen molar-refractivity contribution in [1.29, 1.82) is 0 Å². The van der Waals surface area contributed by atoms with E-state index in [1.54, 1.807) is 6.07 Å². The van der Waals surface area contributed by atoms with E-state index in [1.165, 1.54) is 12.1 Å². The van der Waals surface area contributed by atoms with Crippen LogP contribution in [0, 0.1) is 10.1 Å². The van der Waals surface area contributed by atoms with Crippen molar-refractivity contribution in [3.63, 3.8) is 0 Å². The number of non-ortho nitro benzene ring substituents is 1. The van der Waals surface area contributed by atoms with Crippen molar-refractivity contribution in [2.24, 2.45) is 0 Å². The van der Waals surface area contributed by atoms with Gasteiger partial charge in [-0.3, -0.25) is 14.9 Å². The molecule has 7 heteroatoms. The Morgan fingerprint density at radius 2 is 2.24 bits per heavy atom. The van der Waals surface area contributed by atoms with Crippen LogP contribution in [-0.2, 0) is 11.2 Å². The molecule has 0 saturated carbocycles. The summed E-state index contributed by atoms with van der Waals surface area (Å²) in [5, 5.41) is 14.3. The smallest absolute Gasteiger partial charge is 0.270 e. The fraction of sp³-hybridized carbons (Fsp3) is 0.500. The standard InChI is InChI=1S/C14H18ClN3O3/c1-9-10(2)17(6-5-16-9)14(19)7-11-3-4-12(18(20)21)8-13(11)15/h3-4,8-10,16H,5-7H2,1-2H3. The zero-order valence-corrected chi connectivity index (χ0v) is 12.8. The van der Waals surface area contributed by atoms with E-state index in [0.29, 0.717) is 12.1 Å². The molecule has 0 spiro atoms. The molecule has 6 nitrogen and oxygen atoms in total. The molecule has 0 aromatic heterocycles. The van der Waals surface area contributed by atoms with E-state index >= 15 is 0 Å². The van der Waals surface area contributed by atoms with Gasteiger partial charge >= 0.3 is 0 Å². The fourth-order valence-electron chi connectivity index (χ4n) is 2.47. The number of nitro groups is 1. The predicted molar refractivity (Wildman–Crippen MR) is 80.5 cm³/mol. The van der Waals surface area contributed by atoms with E-state index in [1.807, 2.05) is 18.7 Å². The van der Waals surface area contributed by atoms with Gasteiger partial charge in [0, 0.05) is 37.3 Å². The molecule has 2 unspecified atom stereocenters. The first-order valence-electron chi connectivity index (χ1n) is 6.86. The van der Waals surface area contributed by atoms with Crippen LogP contribution in [0.1, 0.15) is 19.4 Å². The van der Waals surface area contributed by atoms with E-state index in [4.69, 9.17) is 11.6 Å². The van der Waals surface area contributed by atoms with Crippen molar-refractivity contribution in [1.82, 2.24) is 10.2 Å². The number of rotatable bonds is 3. The highest BCUT2D eigenvalue weighted by Gasteiger charge is 2.28. The summed E-state index contributed by atoms with van der Waals surface area (Å²) >= 11 is 6.03. The monoisotopic (exact) mass is 311 g/mol. The molecular weight excluding hydrogens is 294 g/mol. The zero-order valence-electron chi connectivity index (χ0n) is 12.0. The second kappa shape index (κ2) is 6.41. The molecule has 21 heavy (non-hydrogen) atoms. The molecule has 1 aromatic carbocycles. The molecule has 1 aliphatic heterocycles. The Morgan fingerprint density at radius 3 is 2.86 bits per heavy atom. The Morgan fingerprint density at radius 1 is 1.52 bits per heavy atom. The molecule has 1 heterocycles. The van der Waals surface area contributed by atoms with Crippen LogP contribution in [0.15, 0.2) is 18.2 Å². The summed E-state index contributed by atoms with van der Waals surface area (Å²) in [5.41, 5.74) is 0.547. The average Bonchev–Trinajstić information content (AvgIpc) is 2.43. The number of nitrogens with one attached hydrogen (secondary N) is 1. The highest BCUT2D eigenvalue weighted by molar-refractivity contribution is 6.31. The molecule has 0 radical (unpaired) electrons. The molecule has 2 atom stereocenters. The van der Waals surface area contributed by atoms with Crippen LogP contribution in [0.3, 0.4) is 0 Å². The summed E-state index contributed by atoms with van der Waals surface area (Å²) < 4.78 is 0. The Kier molecular flexibility index (Phi) is 4.80. The Bertz CT molecular complexity index is 564. The first-order valence-corrected chi connectivity index (χ1v) is 7.23. The largest absolute Gasteiger partial charge is 0.337 e. The van der Waals surface area contributed by atoms with Crippen LogP contribution in [0.5, 0.6) is 0 Å². The lowest BCUT2D eigenvalue weighted by atomic mass is 10.0. The van der Waals surface area contributed by atoms with Gasteiger partial charge in [0.2, 0.25) is 5.91 Å².